The van der Waals surface area contributed by atoms with E-state index in [2.05, 4.69) is 10.3 Å². The minimum absolute atomic E-state index is 0.00448. The Hall–Kier alpha value is -5.06. The van der Waals surface area contributed by atoms with Gasteiger partial charge in [-0.3, -0.25) is 9.59 Å². The Balaban J connectivity index is 1.05. The van der Waals surface area contributed by atoms with Crippen LogP contribution in [0, 0.1) is 6.92 Å². The number of anilines is 2. The molecule has 4 aromatic carbocycles. The van der Waals surface area contributed by atoms with Gasteiger partial charge < -0.3 is 54.3 Å². The molecular weight excluding hydrogens is 732 g/mol. The lowest BCUT2D eigenvalue weighted by molar-refractivity contribution is -0.229. The number of nitrogens with zero attached hydrogens (tertiary/aromatic N) is 1. The second-order valence-corrected chi connectivity index (χ2v) is 16.0. The van der Waals surface area contributed by atoms with E-state index in [1.165, 1.54) is 0 Å². The predicted octanol–water partition coefficient (Wildman–Crippen LogP) is 5.14. The summed E-state index contributed by atoms with van der Waals surface area (Å²) in [5, 5.41) is 35.9. The van der Waals surface area contributed by atoms with Gasteiger partial charge in [-0.15, -0.1) is 0 Å². The average molecular weight is 783 g/mol. The molecule has 3 unspecified atom stereocenters. The summed E-state index contributed by atoms with van der Waals surface area (Å²) >= 11 is 0. The SMILES string of the molecule is Cc1cccc2c(OC3CC(O)[C@@H](O)C(CO)O3)cc3c(c12)CCN3C(=O)c1cc2cc(NC(=O)c3ccc(OC(C)(C)COC(C)(C)CON)cc3)ccc2[nH]1. The number of hydrogen-bond acceptors (Lipinski definition) is 11. The van der Waals surface area contributed by atoms with E-state index >= 15 is 0 Å². The summed E-state index contributed by atoms with van der Waals surface area (Å²) in [5.74, 6) is 5.72. The van der Waals surface area contributed by atoms with Crippen LogP contribution in [0.2, 0.25) is 0 Å². The molecule has 57 heavy (non-hydrogen) atoms. The number of aliphatic hydroxyl groups excluding tert-OH is 3. The Morgan fingerprint density at radius 3 is 2.51 bits per heavy atom. The Bertz CT molecular complexity index is 2270. The van der Waals surface area contributed by atoms with Gasteiger partial charge in [-0.2, -0.15) is 0 Å². The molecule has 5 aromatic rings. The maximum atomic E-state index is 14.2. The van der Waals surface area contributed by atoms with Gasteiger partial charge in [0.15, 0.2) is 0 Å². The fourth-order valence-corrected chi connectivity index (χ4v) is 7.43. The van der Waals surface area contributed by atoms with E-state index in [4.69, 9.17) is 29.7 Å². The summed E-state index contributed by atoms with van der Waals surface area (Å²) in [5.41, 5.74) is 3.63. The van der Waals surface area contributed by atoms with E-state index in [1.807, 2.05) is 71.0 Å². The number of H-pyrrole nitrogens is 1. The van der Waals surface area contributed by atoms with Crippen molar-refractivity contribution in [3.05, 3.63) is 95.2 Å². The Morgan fingerprint density at radius 1 is 1.00 bits per heavy atom. The smallest absolute Gasteiger partial charge is 0.274 e. The minimum Gasteiger partial charge on any atom is -0.485 e. The van der Waals surface area contributed by atoms with Gasteiger partial charge in [-0.1, -0.05) is 18.2 Å². The van der Waals surface area contributed by atoms with E-state index in [-0.39, 0.29) is 24.8 Å². The third-order valence-corrected chi connectivity index (χ3v) is 10.4. The number of aliphatic hydroxyl groups is 3. The van der Waals surface area contributed by atoms with Gasteiger partial charge in [0.05, 0.1) is 37.2 Å². The van der Waals surface area contributed by atoms with Gasteiger partial charge in [0.1, 0.15) is 35.0 Å². The topological polar surface area (TPSA) is 198 Å². The van der Waals surface area contributed by atoms with Gasteiger partial charge in [0, 0.05) is 46.6 Å². The molecule has 0 spiro atoms. The molecule has 302 valence electrons. The number of ether oxygens (including phenoxy) is 4. The summed E-state index contributed by atoms with van der Waals surface area (Å²) < 4.78 is 24.2. The molecule has 0 radical (unpaired) electrons. The molecule has 14 nitrogen and oxygen atoms in total. The van der Waals surface area contributed by atoms with Crippen molar-refractivity contribution >= 4 is 44.9 Å². The van der Waals surface area contributed by atoms with Crippen molar-refractivity contribution in [2.75, 3.05) is 36.6 Å². The molecule has 1 aromatic heterocycles. The fraction of sp³-hybridized carbons (Fsp3) is 0.395. The second-order valence-electron chi connectivity index (χ2n) is 16.0. The zero-order valence-electron chi connectivity index (χ0n) is 32.7. The lowest BCUT2D eigenvalue weighted by Gasteiger charge is -2.36. The number of aryl methyl sites for hydroxylation is 1. The van der Waals surface area contributed by atoms with Crippen molar-refractivity contribution in [3.8, 4) is 11.5 Å². The highest BCUT2D eigenvalue weighted by molar-refractivity contribution is 6.12. The molecule has 1 fully saturated rings. The average Bonchev–Trinajstić information content (AvgIpc) is 3.80. The molecule has 2 aliphatic heterocycles. The van der Waals surface area contributed by atoms with Crippen molar-refractivity contribution < 1.29 is 48.7 Å². The fourth-order valence-electron chi connectivity index (χ4n) is 7.43. The molecule has 4 atom stereocenters. The Kier molecular flexibility index (Phi) is 11.3. The zero-order chi connectivity index (χ0) is 40.6. The van der Waals surface area contributed by atoms with E-state index < -0.39 is 42.4 Å². The molecule has 2 amide bonds. The lowest BCUT2D eigenvalue weighted by Crippen LogP contribution is -2.51. The summed E-state index contributed by atoms with van der Waals surface area (Å²) in [4.78, 5) is 37.1. The largest absolute Gasteiger partial charge is 0.485 e. The number of hydrogen-bond donors (Lipinski definition) is 6. The first-order chi connectivity index (χ1) is 27.1. The van der Waals surface area contributed by atoms with E-state index in [0.29, 0.717) is 53.7 Å². The maximum absolute atomic E-state index is 14.2. The number of fused-ring (bicyclic) bond motifs is 4. The van der Waals surface area contributed by atoms with E-state index in [9.17, 15) is 24.9 Å². The first-order valence-corrected chi connectivity index (χ1v) is 19.0. The molecule has 7 N–H and O–H groups in total. The van der Waals surface area contributed by atoms with Crippen LogP contribution in [0.5, 0.6) is 11.5 Å². The van der Waals surface area contributed by atoms with Crippen LogP contribution in [0.3, 0.4) is 0 Å². The van der Waals surface area contributed by atoms with Crippen LogP contribution in [0.15, 0.2) is 72.8 Å². The van der Waals surface area contributed by atoms with Crippen molar-refractivity contribution in [2.45, 2.75) is 83.3 Å². The van der Waals surface area contributed by atoms with Crippen molar-refractivity contribution in [1.29, 1.82) is 0 Å². The zero-order valence-corrected chi connectivity index (χ0v) is 32.7. The monoisotopic (exact) mass is 782 g/mol. The highest BCUT2D eigenvalue weighted by atomic mass is 16.7. The molecule has 0 aliphatic carbocycles. The van der Waals surface area contributed by atoms with E-state index in [1.54, 1.807) is 41.3 Å². The van der Waals surface area contributed by atoms with Gasteiger partial charge in [-0.05, 0) is 106 Å². The van der Waals surface area contributed by atoms with Crippen LogP contribution in [0.4, 0.5) is 11.4 Å². The summed E-state index contributed by atoms with van der Waals surface area (Å²) in [6, 6.07) is 21.7. The Labute approximate surface area is 330 Å². The predicted molar refractivity (Wildman–Crippen MR) is 215 cm³/mol. The minimum atomic E-state index is -1.23. The van der Waals surface area contributed by atoms with Crippen molar-refractivity contribution in [3.63, 3.8) is 0 Å². The Morgan fingerprint density at radius 2 is 1.77 bits per heavy atom. The molecule has 0 bridgehead atoms. The molecule has 0 saturated carbocycles. The third kappa shape index (κ3) is 8.62. The number of carbonyl (C=O) groups is 2. The highest BCUT2D eigenvalue weighted by Gasteiger charge is 2.38. The number of nitrogens with two attached hydrogens (primary N) is 1. The van der Waals surface area contributed by atoms with Crippen LogP contribution in [-0.2, 0) is 20.7 Å². The first-order valence-electron chi connectivity index (χ1n) is 19.0. The molecule has 1 saturated heterocycles. The molecule has 14 heteroatoms. The van der Waals surface area contributed by atoms with Gasteiger partial charge in [0.2, 0.25) is 6.29 Å². The normalized spacial score (nSPS) is 19.8. The standard InChI is InChI=1S/C43H50N4O10/c1-24-7-6-8-30-35(55-37-20-34(49)39(50)36(21-48)56-37)19-33-29(38(24)30)15-16-47(33)41(52)32-18-26-17-27(11-14-31(26)46-32)45-40(51)25-9-12-28(13-10-25)57-43(4,5)22-53-42(2,3)23-54-44/h6-14,17-19,34,36-37,39,46,48-50H,15-16,20-23,44H2,1-5H3,(H,45,51)/t34?,36?,37?,39-/m1/s1. The molecule has 7 rings (SSSR count). The number of aromatic nitrogens is 1. The van der Waals surface area contributed by atoms with Crippen LogP contribution in [-0.4, -0.2) is 94.3 Å². The second kappa shape index (κ2) is 16.1. The molecule has 2 aliphatic rings. The summed E-state index contributed by atoms with van der Waals surface area (Å²) in [7, 11) is 0. The van der Waals surface area contributed by atoms with Gasteiger partial charge in [0.25, 0.3) is 11.8 Å². The maximum Gasteiger partial charge on any atom is 0.274 e. The summed E-state index contributed by atoms with van der Waals surface area (Å²) in [6.07, 6.45) is -3.65. The quantitative estimate of drug-likeness (QED) is 0.0866. The first kappa shape index (κ1) is 40.1. The third-order valence-electron chi connectivity index (χ3n) is 10.4. The summed E-state index contributed by atoms with van der Waals surface area (Å²) in [6.45, 7) is 10.1. The van der Waals surface area contributed by atoms with Crippen LogP contribution in [0.1, 0.15) is 66.1 Å². The number of aromatic amines is 1. The van der Waals surface area contributed by atoms with Crippen molar-refractivity contribution in [2.24, 2.45) is 5.90 Å². The van der Waals surface area contributed by atoms with Crippen LogP contribution >= 0.6 is 0 Å². The van der Waals surface area contributed by atoms with Gasteiger partial charge in [-0.25, -0.2) is 5.90 Å². The van der Waals surface area contributed by atoms with E-state index in [0.717, 1.165) is 32.8 Å². The number of rotatable bonds is 13. The highest BCUT2D eigenvalue weighted by Crippen LogP contribution is 2.43. The van der Waals surface area contributed by atoms with Crippen LogP contribution < -0.4 is 25.6 Å². The number of benzene rings is 4. The van der Waals surface area contributed by atoms with Crippen LogP contribution in [0.25, 0.3) is 21.7 Å². The van der Waals surface area contributed by atoms with Gasteiger partial charge >= 0.3 is 0 Å². The lowest BCUT2D eigenvalue weighted by atomic mass is 9.97. The number of nitrogens with one attached hydrogen (secondary N) is 2. The van der Waals surface area contributed by atoms with Crippen molar-refractivity contribution in [1.82, 2.24) is 4.98 Å². The number of amides is 2. The molecule has 3 heterocycles. The molecular formula is C43H50N4O10. The number of carbonyl (C=O) groups excluding carboxylic acids is 2.